The van der Waals surface area contributed by atoms with Gasteiger partial charge in [0.25, 0.3) is 5.91 Å². The molecule has 2 rings (SSSR count). The van der Waals surface area contributed by atoms with E-state index in [2.05, 4.69) is 0 Å². The molecule has 74 valence electrons. The van der Waals surface area contributed by atoms with Gasteiger partial charge < -0.3 is 10.0 Å². The third kappa shape index (κ3) is 1.57. The number of likely N-dealkylation sites (tertiary alicyclic amines) is 1. The Balaban J connectivity index is 1.95. The van der Waals surface area contributed by atoms with Crippen LogP contribution in [0.2, 0.25) is 0 Å². The highest BCUT2D eigenvalue weighted by molar-refractivity contribution is 5.80. The summed E-state index contributed by atoms with van der Waals surface area (Å²) in [5, 5.41) is 9.15. The number of nitrogens with zero attached hydrogens (tertiary/aromatic N) is 1. The molecule has 1 heterocycles. The second-order valence-electron chi connectivity index (χ2n) is 4.37. The number of rotatable bonds is 1. The number of hydrogen-bond acceptors (Lipinski definition) is 2. The molecule has 3 nitrogen and oxygen atoms in total. The Hall–Kier alpha value is -0.570. The Morgan fingerprint density at radius 3 is 2.38 bits per heavy atom. The van der Waals surface area contributed by atoms with Crippen LogP contribution in [0.5, 0.6) is 0 Å². The van der Waals surface area contributed by atoms with Gasteiger partial charge in [0, 0.05) is 13.1 Å². The molecule has 2 aliphatic rings. The van der Waals surface area contributed by atoms with Crippen molar-refractivity contribution in [2.45, 2.75) is 32.3 Å². The van der Waals surface area contributed by atoms with E-state index in [0.717, 1.165) is 24.9 Å². The van der Waals surface area contributed by atoms with Crippen molar-refractivity contribution in [3.63, 3.8) is 0 Å². The number of hydrogen-bond donors (Lipinski definition) is 1. The van der Waals surface area contributed by atoms with Gasteiger partial charge >= 0.3 is 0 Å². The van der Waals surface area contributed by atoms with Gasteiger partial charge in [-0.15, -0.1) is 0 Å². The molecule has 1 saturated heterocycles. The molecule has 1 N–H and O–H groups in total. The molecule has 0 radical (unpaired) electrons. The lowest BCUT2D eigenvalue weighted by Gasteiger charge is -2.18. The molecule has 0 aromatic rings. The highest BCUT2D eigenvalue weighted by Crippen LogP contribution is 2.37. The Morgan fingerprint density at radius 1 is 1.38 bits per heavy atom. The van der Waals surface area contributed by atoms with Crippen LogP contribution < -0.4 is 0 Å². The molecule has 2 fully saturated rings. The summed E-state index contributed by atoms with van der Waals surface area (Å²) in [7, 11) is 0. The minimum atomic E-state index is -0.821. The van der Waals surface area contributed by atoms with E-state index in [9.17, 15) is 4.79 Å². The van der Waals surface area contributed by atoms with E-state index in [1.54, 1.807) is 6.92 Å². The maximum Gasteiger partial charge on any atom is 0.251 e. The van der Waals surface area contributed by atoms with Crippen LogP contribution in [0.3, 0.4) is 0 Å². The lowest BCUT2D eigenvalue weighted by atomic mass is 10.0. The molecule has 1 aliphatic heterocycles. The van der Waals surface area contributed by atoms with E-state index in [1.807, 2.05) is 4.90 Å². The topological polar surface area (TPSA) is 40.5 Å². The fraction of sp³-hybridized carbons (Fsp3) is 0.900. The fourth-order valence-corrected chi connectivity index (χ4v) is 2.68. The molecule has 3 heteroatoms. The Kier molecular flexibility index (Phi) is 2.28. The number of carbonyl (C=O) groups excluding carboxylic acids is 1. The highest BCUT2D eigenvalue weighted by atomic mass is 16.3. The third-order valence-corrected chi connectivity index (χ3v) is 3.40. The fourth-order valence-electron chi connectivity index (χ4n) is 2.68. The first kappa shape index (κ1) is 9.00. The van der Waals surface area contributed by atoms with E-state index in [1.165, 1.54) is 19.3 Å². The van der Waals surface area contributed by atoms with Crippen LogP contribution in [-0.2, 0) is 4.79 Å². The standard InChI is InChI=1S/C10H17NO2/c1-7(12)10(13)11-5-8-3-2-4-9(8)6-11/h7-9,12H,2-6H2,1H3/t7-,8?,9?/m1/s1. The van der Waals surface area contributed by atoms with Crippen LogP contribution in [0, 0.1) is 11.8 Å². The molecule has 13 heavy (non-hydrogen) atoms. The molecule has 0 aromatic heterocycles. The van der Waals surface area contributed by atoms with Crippen molar-refractivity contribution < 1.29 is 9.90 Å². The Morgan fingerprint density at radius 2 is 1.92 bits per heavy atom. The van der Waals surface area contributed by atoms with E-state index in [-0.39, 0.29) is 5.91 Å². The molecule has 0 bridgehead atoms. The average molecular weight is 183 g/mol. The highest BCUT2D eigenvalue weighted by Gasteiger charge is 2.38. The molecule has 1 amide bonds. The minimum Gasteiger partial charge on any atom is -0.384 e. The van der Waals surface area contributed by atoms with E-state index < -0.39 is 6.10 Å². The molecule has 0 spiro atoms. The average Bonchev–Trinajstić information content (AvgIpc) is 2.59. The minimum absolute atomic E-state index is 0.0885. The quantitative estimate of drug-likeness (QED) is 0.647. The second-order valence-corrected chi connectivity index (χ2v) is 4.37. The number of aliphatic hydroxyl groups is 1. The molecule has 2 unspecified atom stereocenters. The van der Waals surface area contributed by atoms with Gasteiger partial charge in [0.2, 0.25) is 0 Å². The zero-order valence-electron chi connectivity index (χ0n) is 8.07. The van der Waals surface area contributed by atoms with Crippen molar-refractivity contribution in [1.82, 2.24) is 4.90 Å². The van der Waals surface area contributed by atoms with E-state index in [0.29, 0.717) is 0 Å². The SMILES string of the molecule is C[C@@H](O)C(=O)N1CC2CCCC2C1. The Labute approximate surface area is 78.7 Å². The van der Waals surface area contributed by atoms with Crippen LogP contribution in [0.1, 0.15) is 26.2 Å². The summed E-state index contributed by atoms with van der Waals surface area (Å²) in [6.07, 6.45) is 3.05. The lowest BCUT2D eigenvalue weighted by Crippen LogP contribution is -2.36. The first-order chi connectivity index (χ1) is 6.18. The number of fused-ring (bicyclic) bond motifs is 1. The molecule has 3 atom stereocenters. The van der Waals surface area contributed by atoms with Crippen molar-refractivity contribution >= 4 is 5.91 Å². The summed E-state index contributed by atoms with van der Waals surface area (Å²) in [6.45, 7) is 3.32. The van der Waals surface area contributed by atoms with Gasteiger partial charge in [-0.05, 0) is 31.6 Å². The number of carbonyl (C=O) groups is 1. The maximum atomic E-state index is 11.5. The van der Waals surface area contributed by atoms with Gasteiger partial charge in [0.1, 0.15) is 6.10 Å². The summed E-state index contributed by atoms with van der Waals surface area (Å²) in [4.78, 5) is 13.3. The lowest BCUT2D eigenvalue weighted by molar-refractivity contribution is -0.138. The van der Waals surface area contributed by atoms with Gasteiger partial charge in [-0.25, -0.2) is 0 Å². The van der Waals surface area contributed by atoms with Crippen LogP contribution >= 0.6 is 0 Å². The molecular formula is C10H17NO2. The zero-order chi connectivity index (χ0) is 9.42. The first-order valence-electron chi connectivity index (χ1n) is 5.15. The summed E-state index contributed by atoms with van der Waals surface area (Å²) in [6, 6.07) is 0. The van der Waals surface area contributed by atoms with Gasteiger partial charge in [-0.3, -0.25) is 4.79 Å². The first-order valence-corrected chi connectivity index (χ1v) is 5.15. The maximum absolute atomic E-state index is 11.5. The largest absolute Gasteiger partial charge is 0.384 e. The van der Waals surface area contributed by atoms with Crippen molar-refractivity contribution in [3.8, 4) is 0 Å². The normalized spacial score (nSPS) is 34.8. The summed E-state index contributed by atoms with van der Waals surface area (Å²) >= 11 is 0. The van der Waals surface area contributed by atoms with Crippen LogP contribution in [0.15, 0.2) is 0 Å². The molecule has 1 saturated carbocycles. The Bertz CT molecular complexity index is 203. The predicted molar refractivity (Wildman–Crippen MR) is 49.1 cm³/mol. The summed E-state index contributed by atoms with van der Waals surface area (Å²) < 4.78 is 0. The van der Waals surface area contributed by atoms with Gasteiger partial charge in [-0.1, -0.05) is 6.42 Å². The second kappa shape index (κ2) is 3.29. The van der Waals surface area contributed by atoms with Gasteiger partial charge in [0.05, 0.1) is 0 Å². The monoisotopic (exact) mass is 183 g/mol. The summed E-state index contributed by atoms with van der Waals surface area (Å²) in [5.41, 5.74) is 0. The van der Waals surface area contributed by atoms with Gasteiger partial charge in [-0.2, -0.15) is 0 Å². The van der Waals surface area contributed by atoms with Crippen molar-refractivity contribution in [2.75, 3.05) is 13.1 Å². The summed E-state index contributed by atoms with van der Waals surface area (Å²) in [5.74, 6) is 1.36. The van der Waals surface area contributed by atoms with Crippen molar-refractivity contribution in [3.05, 3.63) is 0 Å². The number of amides is 1. The predicted octanol–water partition coefficient (Wildman–Crippen LogP) is 0.626. The van der Waals surface area contributed by atoms with E-state index >= 15 is 0 Å². The van der Waals surface area contributed by atoms with Crippen LogP contribution in [-0.4, -0.2) is 35.1 Å². The number of aliphatic hydroxyl groups excluding tert-OH is 1. The van der Waals surface area contributed by atoms with E-state index in [4.69, 9.17) is 5.11 Å². The molecule has 1 aliphatic carbocycles. The van der Waals surface area contributed by atoms with Crippen LogP contribution in [0.25, 0.3) is 0 Å². The third-order valence-electron chi connectivity index (χ3n) is 3.40. The van der Waals surface area contributed by atoms with Crippen molar-refractivity contribution in [1.29, 1.82) is 0 Å². The zero-order valence-corrected chi connectivity index (χ0v) is 8.07. The molecule has 0 aromatic carbocycles. The molecular weight excluding hydrogens is 166 g/mol. The van der Waals surface area contributed by atoms with Crippen molar-refractivity contribution in [2.24, 2.45) is 11.8 Å². The smallest absolute Gasteiger partial charge is 0.251 e. The van der Waals surface area contributed by atoms with Gasteiger partial charge in [0.15, 0.2) is 0 Å². The van der Waals surface area contributed by atoms with Crippen LogP contribution in [0.4, 0.5) is 0 Å².